The fraction of sp³-hybridized carbons (Fsp3) is 0.0833. The molecule has 2 rings (SSSR count). The van der Waals surface area contributed by atoms with E-state index in [0.29, 0.717) is 5.56 Å². The summed E-state index contributed by atoms with van der Waals surface area (Å²) in [6.45, 7) is 0. The lowest BCUT2D eigenvalue weighted by atomic mass is 10.1. The van der Waals surface area contributed by atoms with Crippen LogP contribution in [-0.2, 0) is 6.18 Å². The zero-order valence-electron chi connectivity index (χ0n) is 9.24. The van der Waals surface area contributed by atoms with Crippen LogP contribution < -0.4 is 0 Å². The molecular formula is C12H5ClF3N3. The molecule has 3 nitrogen and oxygen atoms in total. The quantitative estimate of drug-likeness (QED) is 0.750. The van der Waals surface area contributed by atoms with Gasteiger partial charge in [0, 0.05) is 18.0 Å². The summed E-state index contributed by atoms with van der Waals surface area (Å²) in [5.74, 6) is 0. The van der Waals surface area contributed by atoms with E-state index in [9.17, 15) is 13.2 Å². The number of pyridine rings is 2. The first kappa shape index (κ1) is 13.3. The van der Waals surface area contributed by atoms with Crippen LogP contribution in [0.4, 0.5) is 13.2 Å². The predicted molar refractivity (Wildman–Crippen MR) is 62.2 cm³/mol. The van der Waals surface area contributed by atoms with E-state index < -0.39 is 11.7 Å². The predicted octanol–water partition coefficient (Wildman–Crippen LogP) is 3.69. The molecule has 0 spiro atoms. The van der Waals surface area contributed by atoms with E-state index in [1.165, 1.54) is 18.5 Å². The van der Waals surface area contributed by atoms with Crippen LogP contribution >= 0.6 is 11.6 Å². The Bertz CT molecular complexity index is 662. The zero-order chi connectivity index (χ0) is 14.0. The second kappa shape index (κ2) is 4.86. The van der Waals surface area contributed by atoms with Gasteiger partial charge in [-0.1, -0.05) is 11.6 Å². The molecule has 0 saturated heterocycles. The highest BCUT2D eigenvalue weighted by Gasteiger charge is 2.31. The van der Waals surface area contributed by atoms with Crippen LogP contribution in [0.1, 0.15) is 11.1 Å². The number of alkyl halides is 3. The maximum absolute atomic E-state index is 12.7. The van der Waals surface area contributed by atoms with Crippen molar-refractivity contribution in [3.05, 3.63) is 46.9 Å². The number of hydrogen-bond acceptors (Lipinski definition) is 3. The average Bonchev–Trinajstić information content (AvgIpc) is 2.37. The molecule has 0 saturated carbocycles. The van der Waals surface area contributed by atoms with E-state index in [1.54, 1.807) is 0 Å². The number of nitriles is 1. The summed E-state index contributed by atoms with van der Waals surface area (Å²) >= 11 is 5.58. The number of halogens is 4. The Hall–Kier alpha value is -2.13. The number of nitrogens with zero attached hydrogens (tertiary/aromatic N) is 3. The molecule has 2 heterocycles. The normalized spacial score (nSPS) is 11.1. The van der Waals surface area contributed by atoms with Crippen molar-refractivity contribution in [3.63, 3.8) is 0 Å². The highest BCUT2D eigenvalue weighted by atomic mass is 35.5. The molecule has 96 valence electrons. The maximum Gasteiger partial charge on any atom is 0.416 e. The van der Waals surface area contributed by atoms with Gasteiger partial charge in [0.2, 0.25) is 0 Å². The smallest absolute Gasteiger partial charge is 0.263 e. The molecule has 0 amide bonds. The van der Waals surface area contributed by atoms with Crippen LogP contribution in [0.5, 0.6) is 0 Å². The summed E-state index contributed by atoms with van der Waals surface area (Å²) < 4.78 is 38.0. The van der Waals surface area contributed by atoms with Crippen LogP contribution in [0.2, 0.25) is 5.15 Å². The van der Waals surface area contributed by atoms with Gasteiger partial charge in [-0.25, -0.2) is 4.98 Å². The fourth-order valence-electron chi connectivity index (χ4n) is 1.45. The van der Waals surface area contributed by atoms with Gasteiger partial charge < -0.3 is 0 Å². The summed E-state index contributed by atoms with van der Waals surface area (Å²) in [5, 5.41) is 8.46. The lowest BCUT2D eigenvalue weighted by Gasteiger charge is -2.09. The van der Waals surface area contributed by atoms with Crippen molar-refractivity contribution in [2.24, 2.45) is 0 Å². The molecule has 0 aromatic carbocycles. The Kier molecular flexibility index (Phi) is 3.40. The van der Waals surface area contributed by atoms with Crippen molar-refractivity contribution in [2.75, 3.05) is 0 Å². The van der Waals surface area contributed by atoms with Gasteiger partial charge in [-0.2, -0.15) is 18.4 Å². The van der Waals surface area contributed by atoms with Crippen LogP contribution in [0.15, 0.2) is 30.6 Å². The molecule has 0 N–H and O–H groups in total. The van der Waals surface area contributed by atoms with E-state index in [0.717, 1.165) is 12.1 Å². The van der Waals surface area contributed by atoms with Gasteiger partial charge >= 0.3 is 6.18 Å². The molecule has 0 unspecified atom stereocenters. The first-order valence-electron chi connectivity index (χ1n) is 5.00. The SMILES string of the molecule is N#Cc1cncc(-c2cc(C(F)(F)F)cc(Cl)n2)c1. The Labute approximate surface area is 111 Å². The van der Waals surface area contributed by atoms with Gasteiger partial charge in [0.05, 0.1) is 16.8 Å². The second-order valence-electron chi connectivity index (χ2n) is 3.64. The molecule has 7 heteroatoms. The molecule has 2 aromatic heterocycles. The van der Waals surface area contributed by atoms with Crippen LogP contribution in [0.3, 0.4) is 0 Å². The highest BCUT2D eigenvalue weighted by Crippen LogP contribution is 2.33. The molecule has 0 radical (unpaired) electrons. The lowest BCUT2D eigenvalue weighted by molar-refractivity contribution is -0.137. The van der Waals surface area contributed by atoms with Gasteiger partial charge in [0.25, 0.3) is 0 Å². The monoisotopic (exact) mass is 283 g/mol. The molecule has 19 heavy (non-hydrogen) atoms. The van der Waals surface area contributed by atoms with Gasteiger partial charge in [-0.05, 0) is 18.2 Å². The molecule has 0 atom stereocenters. The van der Waals surface area contributed by atoms with E-state index >= 15 is 0 Å². The Morgan fingerprint density at radius 2 is 1.89 bits per heavy atom. The molecule has 2 aromatic rings. The van der Waals surface area contributed by atoms with Crippen molar-refractivity contribution in [3.8, 4) is 17.3 Å². The van der Waals surface area contributed by atoms with E-state index in [4.69, 9.17) is 16.9 Å². The molecular weight excluding hydrogens is 279 g/mol. The van der Waals surface area contributed by atoms with Crippen molar-refractivity contribution in [2.45, 2.75) is 6.18 Å². The fourth-order valence-corrected chi connectivity index (χ4v) is 1.66. The second-order valence-corrected chi connectivity index (χ2v) is 4.02. The van der Waals surface area contributed by atoms with Gasteiger partial charge in [0.15, 0.2) is 0 Å². The van der Waals surface area contributed by atoms with Crippen molar-refractivity contribution in [1.82, 2.24) is 9.97 Å². The minimum Gasteiger partial charge on any atom is -0.263 e. The van der Waals surface area contributed by atoms with Crippen molar-refractivity contribution >= 4 is 11.6 Å². The van der Waals surface area contributed by atoms with Crippen LogP contribution in [-0.4, -0.2) is 9.97 Å². The molecule has 0 fully saturated rings. The van der Waals surface area contributed by atoms with Gasteiger partial charge in [-0.3, -0.25) is 4.98 Å². The third-order valence-corrected chi connectivity index (χ3v) is 2.48. The summed E-state index contributed by atoms with van der Waals surface area (Å²) in [6.07, 6.45) is -1.89. The van der Waals surface area contributed by atoms with Gasteiger partial charge in [-0.15, -0.1) is 0 Å². The summed E-state index contributed by atoms with van der Waals surface area (Å²) in [4.78, 5) is 7.58. The largest absolute Gasteiger partial charge is 0.416 e. The highest BCUT2D eigenvalue weighted by molar-refractivity contribution is 6.29. The first-order valence-corrected chi connectivity index (χ1v) is 5.38. The lowest BCUT2D eigenvalue weighted by Crippen LogP contribution is -2.05. The summed E-state index contributed by atoms with van der Waals surface area (Å²) in [5.41, 5.74) is -0.353. The summed E-state index contributed by atoms with van der Waals surface area (Å²) in [7, 11) is 0. The minimum atomic E-state index is -4.51. The third kappa shape index (κ3) is 3.01. The van der Waals surface area contributed by atoms with Crippen LogP contribution in [0.25, 0.3) is 11.3 Å². The Balaban J connectivity index is 2.57. The van der Waals surface area contributed by atoms with Crippen molar-refractivity contribution in [1.29, 1.82) is 5.26 Å². The topological polar surface area (TPSA) is 49.6 Å². The van der Waals surface area contributed by atoms with E-state index in [-0.39, 0.29) is 16.4 Å². The number of rotatable bonds is 1. The van der Waals surface area contributed by atoms with Gasteiger partial charge in [0.1, 0.15) is 11.2 Å². The Morgan fingerprint density at radius 1 is 1.16 bits per heavy atom. The first-order chi connectivity index (χ1) is 8.90. The zero-order valence-corrected chi connectivity index (χ0v) is 10.00. The van der Waals surface area contributed by atoms with E-state index in [2.05, 4.69) is 9.97 Å². The maximum atomic E-state index is 12.7. The standard InChI is InChI=1S/C12H5ClF3N3/c13-11-3-9(12(14,15)16)2-10(19-11)8-1-7(4-17)5-18-6-8/h1-3,5-6H. The van der Waals surface area contributed by atoms with E-state index in [1.807, 2.05) is 6.07 Å². The average molecular weight is 284 g/mol. The number of hydrogen-bond donors (Lipinski definition) is 0. The molecule has 0 aliphatic heterocycles. The minimum absolute atomic E-state index is 0.0180. The molecule has 0 aliphatic rings. The van der Waals surface area contributed by atoms with Crippen LogP contribution in [0, 0.1) is 11.3 Å². The third-order valence-electron chi connectivity index (χ3n) is 2.28. The van der Waals surface area contributed by atoms with Crippen molar-refractivity contribution < 1.29 is 13.2 Å². The molecule has 0 aliphatic carbocycles. The number of aromatic nitrogens is 2. The Morgan fingerprint density at radius 3 is 2.53 bits per heavy atom. The molecule has 0 bridgehead atoms. The summed E-state index contributed by atoms with van der Waals surface area (Å²) in [6, 6.07) is 4.85.